The smallest absolute Gasteiger partial charge is 0.475 e. The standard InChI is InChI=1S/C27H33F2N3O4.C2HF3O2/c28-27(29,21-7-2-1-3-8-21)17-31(26(36)24(34)16-33)11-12-32-22-9-10-23(32)15-20(14-22)18-5-4-6-19(13-18)25(30)35;3-2(4,5)1(6)7/h1-8,13,20,22-24,33-34H,9-12,14-17H2,(H2,30,35);(H,6,7)/t20?,22?,23?,24-;/m0./s1. The van der Waals surface area contributed by atoms with Gasteiger partial charge < -0.3 is 26.0 Å². The van der Waals surface area contributed by atoms with Gasteiger partial charge in [0.25, 0.3) is 11.8 Å². The molecule has 2 saturated heterocycles. The zero-order chi connectivity index (χ0) is 31.9. The summed E-state index contributed by atoms with van der Waals surface area (Å²) in [6.07, 6.45) is -3.14. The molecule has 4 rings (SSSR count). The number of amides is 2. The largest absolute Gasteiger partial charge is 0.490 e. The molecule has 236 valence electrons. The van der Waals surface area contributed by atoms with E-state index in [-0.39, 0.29) is 30.1 Å². The Balaban J connectivity index is 0.000000646. The molecule has 2 bridgehead atoms. The Morgan fingerprint density at radius 3 is 2.07 bits per heavy atom. The van der Waals surface area contributed by atoms with Gasteiger partial charge in [0, 0.05) is 36.3 Å². The number of carbonyl (C=O) groups is 3. The van der Waals surface area contributed by atoms with Crippen LogP contribution in [0.25, 0.3) is 0 Å². The number of alkyl halides is 5. The molecule has 0 radical (unpaired) electrons. The molecule has 0 saturated carbocycles. The van der Waals surface area contributed by atoms with Crippen LogP contribution in [-0.2, 0) is 15.5 Å². The van der Waals surface area contributed by atoms with Crippen molar-refractivity contribution in [2.45, 2.75) is 61.9 Å². The lowest BCUT2D eigenvalue weighted by molar-refractivity contribution is -0.192. The molecule has 2 aromatic rings. The van der Waals surface area contributed by atoms with E-state index in [0.29, 0.717) is 12.1 Å². The maximum atomic E-state index is 15.0. The molecule has 0 spiro atoms. The predicted molar refractivity (Wildman–Crippen MR) is 144 cm³/mol. The number of piperidine rings is 1. The van der Waals surface area contributed by atoms with Gasteiger partial charge in [-0.15, -0.1) is 0 Å². The first kappa shape index (κ1) is 33.9. The second-order valence-corrected chi connectivity index (χ2v) is 10.6. The summed E-state index contributed by atoms with van der Waals surface area (Å²) < 4.78 is 61.8. The highest BCUT2D eigenvalue weighted by molar-refractivity contribution is 5.92. The van der Waals surface area contributed by atoms with E-state index >= 15 is 8.78 Å². The van der Waals surface area contributed by atoms with Crippen LogP contribution in [0.5, 0.6) is 0 Å². The van der Waals surface area contributed by atoms with Crippen molar-refractivity contribution in [3.8, 4) is 0 Å². The SMILES string of the molecule is NC(=O)c1cccc(C2CC3CCC(C2)N3CCN(CC(F)(F)c2ccccc2)C(=O)[C@@H](O)CO)c1.O=C(O)C(F)(F)F. The highest BCUT2D eigenvalue weighted by atomic mass is 19.4. The van der Waals surface area contributed by atoms with Crippen LogP contribution in [0.3, 0.4) is 0 Å². The summed E-state index contributed by atoms with van der Waals surface area (Å²) in [5.74, 6) is -7.15. The minimum absolute atomic E-state index is 0.0210. The summed E-state index contributed by atoms with van der Waals surface area (Å²) >= 11 is 0. The molecule has 0 aliphatic carbocycles. The number of nitrogens with two attached hydrogens (primary N) is 1. The van der Waals surface area contributed by atoms with Gasteiger partial charge in [0.1, 0.15) is 0 Å². The number of hydrogen-bond donors (Lipinski definition) is 4. The zero-order valence-corrected chi connectivity index (χ0v) is 23.1. The van der Waals surface area contributed by atoms with Crippen LogP contribution in [0.4, 0.5) is 22.0 Å². The lowest BCUT2D eigenvalue weighted by Crippen LogP contribution is -2.51. The summed E-state index contributed by atoms with van der Waals surface area (Å²) in [5, 5.41) is 26.3. The molecule has 2 aliphatic rings. The molecule has 0 aromatic heterocycles. The number of nitrogens with zero attached hydrogens (tertiary/aromatic N) is 2. The van der Waals surface area contributed by atoms with Crippen LogP contribution < -0.4 is 5.73 Å². The number of carboxylic acid groups (broad SMARTS) is 1. The average Bonchev–Trinajstić information content (AvgIpc) is 3.20. The first-order chi connectivity index (χ1) is 20.1. The molecule has 2 heterocycles. The van der Waals surface area contributed by atoms with Gasteiger partial charge in [-0.2, -0.15) is 22.0 Å². The lowest BCUT2D eigenvalue weighted by atomic mass is 9.84. The number of carboxylic acids is 1. The molecule has 3 atom stereocenters. The second-order valence-electron chi connectivity index (χ2n) is 10.6. The maximum Gasteiger partial charge on any atom is 0.490 e. The van der Waals surface area contributed by atoms with Gasteiger partial charge in [0.2, 0.25) is 5.91 Å². The molecule has 2 unspecified atom stereocenters. The van der Waals surface area contributed by atoms with Crippen LogP contribution in [0.15, 0.2) is 54.6 Å². The highest BCUT2D eigenvalue weighted by Gasteiger charge is 2.42. The molecular formula is C29H34F5N3O6. The number of carbonyl (C=O) groups excluding carboxylic acids is 2. The normalized spacial score (nSPS) is 21.0. The van der Waals surface area contributed by atoms with E-state index < -0.39 is 49.1 Å². The molecule has 5 N–H and O–H groups in total. The Kier molecular flexibility index (Phi) is 11.2. The summed E-state index contributed by atoms with van der Waals surface area (Å²) in [5.41, 5.74) is 6.79. The predicted octanol–water partition coefficient (Wildman–Crippen LogP) is 3.10. The number of rotatable bonds is 10. The van der Waals surface area contributed by atoms with Crippen LogP contribution in [0.2, 0.25) is 0 Å². The fourth-order valence-electron chi connectivity index (χ4n) is 5.66. The topological polar surface area (TPSA) is 144 Å². The summed E-state index contributed by atoms with van der Waals surface area (Å²) in [7, 11) is 0. The number of aliphatic hydroxyl groups is 2. The van der Waals surface area contributed by atoms with Crippen molar-refractivity contribution in [2.75, 3.05) is 26.2 Å². The summed E-state index contributed by atoms with van der Waals surface area (Å²) in [6.45, 7) is -1.28. The Morgan fingerprint density at radius 1 is 0.977 bits per heavy atom. The number of benzene rings is 2. The van der Waals surface area contributed by atoms with Gasteiger partial charge in [-0.05, 0) is 49.3 Å². The minimum Gasteiger partial charge on any atom is -0.475 e. The van der Waals surface area contributed by atoms with E-state index in [1.807, 2.05) is 18.2 Å². The Labute approximate surface area is 244 Å². The molecule has 9 nitrogen and oxygen atoms in total. The molecule has 2 aromatic carbocycles. The zero-order valence-electron chi connectivity index (χ0n) is 23.1. The summed E-state index contributed by atoms with van der Waals surface area (Å²) in [6, 6.07) is 15.2. The van der Waals surface area contributed by atoms with E-state index in [1.54, 1.807) is 12.1 Å². The first-order valence-electron chi connectivity index (χ1n) is 13.6. The van der Waals surface area contributed by atoms with E-state index in [0.717, 1.165) is 36.1 Å². The third-order valence-corrected chi connectivity index (χ3v) is 7.75. The van der Waals surface area contributed by atoms with Crippen molar-refractivity contribution in [2.24, 2.45) is 5.73 Å². The van der Waals surface area contributed by atoms with Crippen molar-refractivity contribution in [1.82, 2.24) is 9.80 Å². The number of primary amides is 1. The Bertz CT molecular complexity index is 1250. The number of halogens is 5. The number of aliphatic hydroxyl groups excluding tert-OH is 2. The van der Waals surface area contributed by atoms with Gasteiger partial charge >= 0.3 is 12.1 Å². The lowest BCUT2D eigenvalue weighted by Gasteiger charge is -2.40. The van der Waals surface area contributed by atoms with E-state index in [2.05, 4.69) is 4.90 Å². The second kappa shape index (κ2) is 14.2. The van der Waals surface area contributed by atoms with Gasteiger partial charge in [-0.1, -0.05) is 42.5 Å². The van der Waals surface area contributed by atoms with Crippen molar-refractivity contribution in [1.29, 1.82) is 0 Å². The number of aliphatic carboxylic acids is 1. The van der Waals surface area contributed by atoms with Gasteiger partial charge in [0.15, 0.2) is 6.10 Å². The highest BCUT2D eigenvalue weighted by Crippen LogP contribution is 2.43. The van der Waals surface area contributed by atoms with E-state index in [4.69, 9.17) is 15.6 Å². The average molecular weight is 616 g/mol. The van der Waals surface area contributed by atoms with Crippen molar-refractivity contribution in [3.05, 3.63) is 71.3 Å². The molecule has 43 heavy (non-hydrogen) atoms. The van der Waals surface area contributed by atoms with E-state index in [9.17, 15) is 33.0 Å². The summed E-state index contributed by atoms with van der Waals surface area (Å²) in [4.78, 5) is 36.4. The number of hydrogen-bond acceptors (Lipinski definition) is 6. The Hall–Kier alpha value is -3.62. The van der Waals surface area contributed by atoms with E-state index in [1.165, 1.54) is 24.3 Å². The number of fused-ring (bicyclic) bond motifs is 2. The third-order valence-electron chi connectivity index (χ3n) is 7.75. The Morgan fingerprint density at radius 2 is 1.56 bits per heavy atom. The van der Waals surface area contributed by atoms with Crippen LogP contribution in [0.1, 0.15) is 53.1 Å². The molecular weight excluding hydrogens is 581 g/mol. The molecule has 2 fully saturated rings. The monoisotopic (exact) mass is 615 g/mol. The molecule has 14 heteroatoms. The fraction of sp³-hybridized carbons (Fsp3) is 0.483. The van der Waals surface area contributed by atoms with Crippen LogP contribution in [-0.4, -0.2) is 93.5 Å². The first-order valence-corrected chi connectivity index (χ1v) is 13.6. The van der Waals surface area contributed by atoms with Crippen molar-refractivity contribution >= 4 is 17.8 Å². The fourth-order valence-corrected chi connectivity index (χ4v) is 5.66. The van der Waals surface area contributed by atoms with Crippen molar-refractivity contribution in [3.63, 3.8) is 0 Å². The van der Waals surface area contributed by atoms with Gasteiger partial charge in [-0.25, -0.2) is 4.79 Å². The van der Waals surface area contributed by atoms with Gasteiger partial charge in [0.05, 0.1) is 13.2 Å². The quantitative estimate of drug-likeness (QED) is 0.301. The maximum absolute atomic E-state index is 15.0. The third kappa shape index (κ3) is 8.94. The van der Waals surface area contributed by atoms with Crippen molar-refractivity contribution < 1.29 is 51.7 Å². The molecule has 2 aliphatic heterocycles. The van der Waals surface area contributed by atoms with Gasteiger partial charge in [-0.3, -0.25) is 14.5 Å². The van der Waals surface area contributed by atoms with Crippen LogP contribution >= 0.6 is 0 Å². The minimum atomic E-state index is -5.08. The van der Waals surface area contributed by atoms with Crippen LogP contribution in [0, 0.1) is 0 Å². The molecule has 2 amide bonds.